The van der Waals surface area contributed by atoms with Crippen LogP contribution in [0.25, 0.3) is 0 Å². The van der Waals surface area contributed by atoms with Gasteiger partial charge < -0.3 is 4.57 Å². The summed E-state index contributed by atoms with van der Waals surface area (Å²) in [5.41, 5.74) is 1.58. The molecule has 0 saturated heterocycles. The third-order valence-corrected chi connectivity index (χ3v) is 4.27. The number of benzene rings is 1. The first-order valence-corrected chi connectivity index (χ1v) is 8.19. The van der Waals surface area contributed by atoms with Crippen LogP contribution in [0.3, 0.4) is 0 Å². The van der Waals surface area contributed by atoms with E-state index in [0.717, 1.165) is 18.4 Å². The third kappa shape index (κ3) is 3.74. The summed E-state index contributed by atoms with van der Waals surface area (Å²) in [5, 5.41) is 0.00570. The molecule has 0 radical (unpaired) electrons. The summed E-state index contributed by atoms with van der Waals surface area (Å²) < 4.78 is 28.4. The van der Waals surface area contributed by atoms with Gasteiger partial charge in [-0.25, -0.2) is 4.98 Å². The zero-order chi connectivity index (χ0) is 14.6. The van der Waals surface area contributed by atoms with Crippen molar-refractivity contribution in [3.63, 3.8) is 0 Å². The van der Waals surface area contributed by atoms with Gasteiger partial charge in [-0.2, -0.15) is 8.42 Å². The zero-order valence-electron chi connectivity index (χ0n) is 11.1. The van der Waals surface area contributed by atoms with Crippen LogP contribution in [0.4, 0.5) is 5.69 Å². The molecule has 0 spiro atoms. The van der Waals surface area contributed by atoms with Gasteiger partial charge in [0.1, 0.15) is 0 Å². The molecule has 0 saturated carbocycles. The van der Waals surface area contributed by atoms with Gasteiger partial charge in [0.05, 0.1) is 6.33 Å². The van der Waals surface area contributed by atoms with Crippen molar-refractivity contribution in [3.05, 3.63) is 42.4 Å². The van der Waals surface area contributed by atoms with Crippen molar-refractivity contribution in [1.82, 2.24) is 9.55 Å². The van der Waals surface area contributed by atoms with E-state index in [4.69, 9.17) is 11.6 Å². The molecular weight excluding hydrogens is 298 g/mol. The fourth-order valence-corrected chi connectivity index (χ4v) is 2.96. The number of hydrogen-bond donors (Lipinski definition) is 1. The summed E-state index contributed by atoms with van der Waals surface area (Å²) in [7, 11) is -1.92. The minimum absolute atomic E-state index is 0.00570. The maximum absolute atomic E-state index is 12.1. The molecule has 0 fully saturated rings. The number of aromatic nitrogens is 2. The van der Waals surface area contributed by atoms with Gasteiger partial charge in [0, 0.05) is 24.8 Å². The van der Waals surface area contributed by atoms with Gasteiger partial charge in [0.25, 0.3) is 10.0 Å². The number of anilines is 1. The highest BCUT2D eigenvalue weighted by molar-refractivity contribution is 7.92. The summed E-state index contributed by atoms with van der Waals surface area (Å²) in [6, 6.07) is 7.29. The first kappa shape index (κ1) is 14.9. The molecule has 1 heterocycles. The molecule has 1 N–H and O–H groups in total. The molecule has 2 aromatic rings. The van der Waals surface area contributed by atoms with Gasteiger partial charge in [0.2, 0.25) is 0 Å². The average molecular weight is 314 g/mol. The zero-order valence-corrected chi connectivity index (χ0v) is 12.7. The van der Waals surface area contributed by atoms with E-state index in [2.05, 4.69) is 9.71 Å². The largest absolute Gasteiger partial charge is 0.339 e. The van der Waals surface area contributed by atoms with Crippen LogP contribution in [0.1, 0.15) is 12.0 Å². The van der Waals surface area contributed by atoms with Crippen LogP contribution >= 0.6 is 11.6 Å². The van der Waals surface area contributed by atoms with Gasteiger partial charge in [-0.3, -0.25) is 4.72 Å². The second-order valence-corrected chi connectivity index (χ2v) is 6.48. The van der Waals surface area contributed by atoms with Crippen LogP contribution < -0.4 is 4.72 Å². The molecule has 7 heteroatoms. The smallest absolute Gasteiger partial charge is 0.280 e. The highest BCUT2D eigenvalue weighted by Crippen LogP contribution is 2.17. The van der Waals surface area contributed by atoms with Crippen LogP contribution in [0.5, 0.6) is 0 Å². The monoisotopic (exact) mass is 313 g/mol. The first-order chi connectivity index (χ1) is 9.51. The molecule has 0 bridgehead atoms. The Kier molecular flexibility index (Phi) is 4.67. The topological polar surface area (TPSA) is 64.0 Å². The van der Waals surface area contributed by atoms with E-state index in [9.17, 15) is 8.42 Å². The summed E-state index contributed by atoms with van der Waals surface area (Å²) in [5.74, 6) is 0.587. The Morgan fingerprint density at radius 2 is 2.20 bits per heavy atom. The van der Waals surface area contributed by atoms with Crippen LogP contribution in [0, 0.1) is 0 Å². The maximum Gasteiger partial charge on any atom is 0.280 e. The minimum atomic E-state index is -3.64. The Morgan fingerprint density at radius 3 is 2.85 bits per heavy atom. The molecule has 5 nitrogen and oxygen atoms in total. The number of sulfonamides is 1. The summed E-state index contributed by atoms with van der Waals surface area (Å²) in [4.78, 5) is 3.85. The van der Waals surface area contributed by atoms with E-state index < -0.39 is 10.0 Å². The van der Waals surface area contributed by atoms with E-state index in [1.807, 2.05) is 18.2 Å². The van der Waals surface area contributed by atoms with Crippen LogP contribution in [-0.4, -0.2) is 23.8 Å². The van der Waals surface area contributed by atoms with Gasteiger partial charge in [0.15, 0.2) is 5.03 Å². The molecule has 2 rings (SSSR count). The molecule has 1 aromatic carbocycles. The summed E-state index contributed by atoms with van der Waals surface area (Å²) >= 11 is 5.66. The second-order valence-electron chi connectivity index (χ2n) is 4.48. The Balaban J connectivity index is 2.17. The van der Waals surface area contributed by atoms with Crippen LogP contribution in [0.15, 0.2) is 41.8 Å². The molecule has 108 valence electrons. The lowest BCUT2D eigenvalue weighted by Crippen LogP contribution is -2.13. The minimum Gasteiger partial charge on any atom is -0.339 e. The molecule has 0 aliphatic heterocycles. The van der Waals surface area contributed by atoms with Gasteiger partial charge >= 0.3 is 0 Å². The predicted octanol–water partition coefficient (Wildman–Crippen LogP) is 2.39. The Hall–Kier alpha value is -1.53. The number of aryl methyl sites for hydroxylation is 2. The molecule has 20 heavy (non-hydrogen) atoms. The van der Waals surface area contributed by atoms with E-state index in [1.54, 1.807) is 17.7 Å². The Labute approximate surface area is 123 Å². The van der Waals surface area contributed by atoms with Crippen molar-refractivity contribution in [1.29, 1.82) is 0 Å². The van der Waals surface area contributed by atoms with Crippen LogP contribution in [-0.2, 0) is 23.5 Å². The lowest BCUT2D eigenvalue weighted by molar-refractivity contribution is 0.598. The van der Waals surface area contributed by atoms with Crippen molar-refractivity contribution in [2.24, 2.45) is 7.05 Å². The number of nitrogens with zero attached hydrogens (tertiary/aromatic N) is 2. The van der Waals surface area contributed by atoms with E-state index in [1.165, 1.54) is 12.5 Å². The average Bonchev–Trinajstić information content (AvgIpc) is 2.84. The Morgan fingerprint density at radius 1 is 1.40 bits per heavy atom. The van der Waals surface area contributed by atoms with E-state index >= 15 is 0 Å². The standard InChI is InChI=1S/C13H16ClN3O2S/c1-17-9-13(15-10-17)20(18,19)16-12-6-2-4-11(8-12)5-3-7-14/h2,4,6,8-10,16H,3,5,7H2,1H3. The molecule has 0 unspecified atom stereocenters. The van der Waals surface area contributed by atoms with Gasteiger partial charge in [-0.05, 0) is 30.5 Å². The second kappa shape index (κ2) is 6.28. The summed E-state index contributed by atoms with van der Waals surface area (Å²) in [6.07, 6.45) is 4.59. The maximum atomic E-state index is 12.1. The van der Waals surface area contributed by atoms with Crippen molar-refractivity contribution < 1.29 is 8.42 Å². The van der Waals surface area contributed by atoms with Gasteiger partial charge in [-0.1, -0.05) is 12.1 Å². The Bertz CT molecular complexity index is 682. The number of hydrogen-bond acceptors (Lipinski definition) is 3. The lowest BCUT2D eigenvalue weighted by atomic mass is 10.1. The fraction of sp³-hybridized carbons (Fsp3) is 0.308. The molecule has 0 atom stereocenters. The quantitative estimate of drug-likeness (QED) is 0.833. The first-order valence-electron chi connectivity index (χ1n) is 6.17. The normalized spacial score (nSPS) is 11.5. The number of halogens is 1. The van der Waals surface area contributed by atoms with Crippen LogP contribution in [0.2, 0.25) is 0 Å². The predicted molar refractivity (Wildman–Crippen MR) is 79.5 cm³/mol. The number of nitrogens with one attached hydrogen (secondary N) is 1. The molecular formula is C13H16ClN3O2S. The van der Waals surface area contributed by atoms with Crippen molar-refractivity contribution in [2.75, 3.05) is 10.6 Å². The molecule has 1 aromatic heterocycles. The lowest BCUT2D eigenvalue weighted by Gasteiger charge is -2.07. The SMILES string of the molecule is Cn1cnc(S(=O)(=O)Nc2cccc(CCCCl)c2)c1. The van der Waals surface area contributed by atoms with Crippen molar-refractivity contribution in [3.8, 4) is 0 Å². The molecule has 0 aliphatic carbocycles. The number of alkyl halides is 1. The van der Waals surface area contributed by atoms with Gasteiger partial charge in [-0.15, -0.1) is 11.6 Å². The van der Waals surface area contributed by atoms with E-state index in [0.29, 0.717) is 11.6 Å². The van der Waals surface area contributed by atoms with Crippen molar-refractivity contribution in [2.45, 2.75) is 17.9 Å². The van der Waals surface area contributed by atoms with Crippen molar-refractivity contribution >= 4 is 27.3 Å². The summed E-state index contributed by atoms with van der Waals surface area (Å²) in [6.45, 7) is 0. The van der Waals surface area contributed by atoms with E-state index in [-0.39, 0.29) is 5.03 Å². The molecule has 0 amide bonds. The number of imidazole rings is 1. The third-order valence-electron chi connectivity index (χ3n) is 2.73. The number of rotatable bonds is 6. The highest BCUT2D eigenvalue weighted by Gasteiger charge is 2.17. The highest BCUT2D eigenvalue weighted by atomic mass is 35.5. The molecule has 0 aliphatic rings. The fourth-order valence-electron chi connectivity index (χ4n) is 1.80.